The van der Waals surface area contributed by atoms with Crippen molar-refractivity contribution < 1.29 is 42.0 Å². The minimum Gasteiger partial charge on any atom is -0.497 e. The molecule has 0 spiro atoms. The summed E-state index contributed by atoms with van der Waals surface area (Å²) in [6.07, 6.45) is -11.1. The molecule has 0 radical (unpaired) electrons. The average molecular weight is 420 g/mol. The first-order valence-electron chi connectivity index (χ1n) is 8.75. The minimum absolute atomic E-state index is 0.158. The Morgan fingerprint density at radius 1 is 1.28 bits per heavy atom. The number of aliphatic hydroxyl groups excluding tert-OH is 2. The summed E-state index contributed by atoms with van der Waals surface area (Å²) in [4.78, 5) is 0. The van der Waals surface area contributed by atoms with Gasteiger partial charge >= 0.3 is 6.18 Å². The van der Waals surface area contributed by atoms with E-state index in [0.717, 1.165) is 0 Å². The third-order valence-electron chi connectivity index (χ3n) is 4.56. The highest BCUT2D eigenvalue weighted by atomic mass is 19.4. The number of rotatable bonds is 6. The monoisotopic (exact) mass is 420 g/mol. The molecule has 1 aromatic carbocycles. The number of aliphatic hydroxyl groups is 2. The Labute approximate surface area is 163 Å². The zero-order valence-electron chi connectivity index (χ0n) is 15.3. The summed E-state index contributed by atoms with van der Waals surface area (Å²) in [5.74, 6) is 0.174. The van der Waals surface area contributed by atoms with Crippen LogP contribution in [0.15, 0.2) is 24.3 Å². The van der Waals surface area contributed by atoms with Gasteiger partial charge in [-0.1, -0.05) is 12.1 Å². The Balaban J connectivity index is 1.85. The lowest BCUT2D eigenvalue weighted by Crippen LogP contribution is -2.49. The Bertz CT molecular complexity index is 812. The topological polar surface area (TPSA) is 96.8 Å². The van der Waals surface area contributed by atoms with Gasteiger partial charge in [-0.2, -0.15) is 13.2 Å². The van der Waals surface area contributed by atoms with Gasteiger partial charge in [0.1, 0.15) is 17.5 Å². The molecule has 2 heterocycles. The summed E-state index contributed by atoms with van der Waals surface area (Å²) in [5.41, 5.74) is -0.797. The number of nitrogens with one attached hydrogen (secondary N) is 1. The van der Waals surface area contributed by atoms with Crippen LogP contribution in [0.5, 0.6) is 11.6 Å². The van der Waals surface area contributed by atoms with Gasteiger partial charge in [-0.25, -0.2) is 4.39 Å². The van der Waals surface area contributed by atoms with Crippen LogP contribution in [0.1, 0.15) is 23.2 Å². The van der Waals surface area contributed by atoms with Crippen molar-refractivity contribution in [1.29, 1.82) is 0 Å². The van der Waals surface area contributed by atoms with E-state index < -0.39 is 43.1 Å². The second kappa shape index (κ2) is 8.56. The van der Waals surface area contributed by atoms with Crippen LogP contribution in [-0.4, -0.2) is 58.8 Å². The molecule has 0 amide bonds. The van der Waals surface area contributed by atoms with E-state index in [1.807, 2.05) is 5.10 Å². The molecule has 11 heteroatoms. The molecule has 3 rings (SSSR count). The highest BCUT2D eigenvalue weighted by Crippen LogP contribution is 2.37. The van der Waals surface area contributed by atoms with Crippen LogP contribution in [0.4, 0.5) is 17.6 Å². The van der Waals surface area contributed by atoms with Crippen molar-refractivity contribution in [3.63, 3.8) is 0 Å². The summed E-state index contributed by atoms with van der Waals surface area (Å²) in [6, 6.07) is 6.42. The fourth-order valence-corrected chi connectivity index (χ4v) is 3.04. The smallest absolute Gasteiger partial charge is 0.433 e. The van der Waals surface area contributed by atoms with Gasteiger partial charge in [0.25, 0.3) is 0 Å². The van der Waals surface area contributed by atoms with Gasteiger partial charge in [0, 0.05) is 12.8 Å². The molecule has 0 bridgehead atoms. The number of alkyl halides is 4. The molecule has 7 nitrogen and oxygen atoms in total. The first kappa shape index (κ1) is 21.3. The van der Waals surface area contributed by atoms with Crippen LogP contribution in [-0.2, 0) is 17.3 Å². The maximum absolute atomic E-state index is 13.8. The van der Waals surface area contributed by atoms with E-state index >= 15 is 0 Å². The van der Waals surface area contributed by atoms with Crippen LogP contribution in [0.3, 0.4) is 0 Å². The van der Waals surface area contributed by atoms with Crippen molar-refractivity contribution in [2.45, 2.75) is 43.7 Å². The zero-order chi connectivity index (χ0) is 21.2. The van der Waals surface area contributed by atoms with Crippen LogP contribution < -0.4 is 9.47 Å². The minimum atomic E-state index is -4.71. The van der Waals surface area contributed by atoms with E-state index in [1.54, 1.807) is 24.3 Å². The first-order chi connectivity index (χ1) is 13.7. The Hall–Kier alpha value is -2.37. The number of halogens is 4. The highest BCUT2D eigenvalue weighted by molar-refractivity contribution is 5.39. The average Bonchev–Trinajstić information content (AvgIpc) is 3.07. The third-order valence-corrected chi connectivity index (χ3v) is 4.56. The molecule has 3 N–H and O–H groups in total. The van der Waals surface area contributed by atoms with Crippen molar-refractivity contribution in [2.24, 2.45) is 0 Å². The molecule has 1 saturated heterocycles. The number of H-pyrrole nitrogens is 1. The SMILES string of the molecule is COc1ccc(Cc2c(OC3CC(O)[C@H](F)[C@@H](CO)O3)n[nH]c2C(F)(F)F)cc1. The van der Waals surface area contributed by atoms with Crippen LogP contribution in [0.2, 0.25) is 0 Å². The molecule has 2 unspecified atom stereocenters. The summed E-state index contributed by atoms with van der Waals surface area (Å²) in [6.45, 7) is -0.717. The van der Waals surface area contributed by atoms with Gasteiger partial charge in [-0.05, 0) is 17.7 Å². The van der Waals surface area contributed by atoms with Gasteiger partial charge in [0.15, 0.2) is 6.17 Å². The third kappa shape index (κ3) is 4.80. The molecule has 4 atom stereocenters. The van der Waals surface area contributed by atoms with Crippen molar-refractivity contribution >= 4 is 0 Å². The molecule has 0 aliphatic carbocycles. The largest absolute Gasteiger partial charge is 0.497 e. The lowest BCUT2D eigenvalue weighted by Gasteiger charge is -2.34. The molecule has 160 valence electrons. The number of hydrogen-bond acceptors (Lipinski definition) is 6. The zero-order valence-corrected chi connectivity index (χ0v) is 15.3. The van der Waals surface area contributed by atoms with Crippen molar-refractivity contribution in [3.8, 4) is 11.6 Å². The van der Waals surface area contributed by atoms with Crippen molar-refractivity contribution in [2.75, 3.05) is 13.7 Å². The Morgan fingerprint density at radius 2 is 1.97 bits per heavy atom. The maximum atomic E-state index is 13.8. The fraction of sp³-hybridized carbons (Fsp3) is 0.500. The van der Waals surface area contributed by atoms with Gasteiger partial charge in [-0.3, -0.25) is 5.10 Å². The standard InChI is InChI=1S/C18H20F4N2O5/c1-27-10-4-2-9(3-5-10)6-11-16(18(20,21)22)23-24-17(11)29-14-7-12(26)15(19)13(8-25)28-14/h2-5,12-15,25-26H,6-8H2,1H3,(H,23,24)/t12?,13-,14?,15+/m1/s1. The lowest BCUT2D eigenvalue weighted by molar-refractivity contribution is -0.215. The predicted molar refractivity (Wildman–Crippen MR) is 91.3 cm³/mol. The fourth-order valence-electron chi connectivity index (χ4n) is 3.04. The Kier molecular flexibility index (Phi) is 6.30. The van der Waals surface area contributed by atoms with Gasteiger partial charge in [0.05, 0.1) is 25.4 Å². The normalized spacial score (nSPS) is 25.1. The molecular formula is C18H20F4N2O5. The van der Waals surface area contributed by atoms with Crippen molar-refractivity contribution in [3.05, 3.63) is 41.1 Å². The van der Waals surface area contributed by atoms with E-state index in [0.29, 0.717) is 11.3 Å². The molecule has 29 heavy (non-hydrogen) atoms. The van der Waals surface area contributed by atoms with E-state index in [4.69, 9.17) is 19.3 Å². The number of aromatic nitrogens is 2. The maximum Gasteiger partial charge on any atom is 0.433 e. The number of nitrogens with zero attached hydrogens (tertiary/aromatic N) is 1. The lowest BCUT2D eigenvalue weighted by atomic mass is 10.0. The summed E-state index contributed by atoms with van der Waals surface area (Å²) in [7, 11) is 1.47. The quantitative estimate of drug-likeness (QED) is 0.621. The highest BCUT2D eigenvalue weighted by Gasteiger charge is 2.41. The molecular weight excluding hydrogens is 400 g/mol. The number of ether oxygens (including phenoxy) is 3. The van der Waals surface area contributed by atoms with Crippen LogP contribution in [0, 0.1) is 0 Å². The van der Waals surface area contributed by atoms with Crippen LogP contribution >= 0.6 is 0 Å². The second-order valence-corrected chi connectivity index (χ2v) is 6.56. The van der Waals surface area contributed by atoms with Gasteiger partial charge < -0.3 is 24.4 Å². The molecule has 1 aliphatic rings. The van der Waals surface area contributed by atoms with Crippen molar-refractivity contribution in [1.82, 2.24) is 10.2 Å². The molecule has 1 aromatic heterocycles. The summed E-state index contributed by atoms with van der Waals surface area (Å²) < 4.78 is 69.6. The Morgan fingerprint density at radius 3 is 2.55 bits per heavy atom. The molecule has 1 fully saturated rings. The van der Waals surface area contributed by atoms with Crippen LogP contribution in [0.25, 0.3) is 0 Å². The summed E-state index contributed by atoms with van der Waals surface area (Å²) in [5, 5.41) is 24.4. The number of hydrogen-bond donors (Lipinski definition) is 3. The number of methoxy groups -OCH3 is 1. The van der Waals surface area contributed by atoms with E-state index in [-0.39, 0.29) is 24.3 Å². The summed E-state index contributed by atoms with van der Waals surface area (Å²) >= 11 is 0. The van der Waals surface area contributed by atoms with E-state index in [9.17, 15) is 22.7 Å². The van der Waals surface area contributed by atoms with E-state index in [1.165, 1.54) is 7.11 Å². The van der Waals surface area contributed by atoms with Gasteiger partial charge in [-0.15, -0.1) is 5.10 Å². The predicted octanol–water partition coefficient (Wildman–Crippen LogP) is 2.21. The second-order valence-electron chi connectivity index (χ2n) is 6.56. The van der Waals surface area contributed by atoms with Gasteiger partial charge in [0.2, 0.25) is 12.2 Å². The number of aromatic amines is 1. The molecule has 0 saturated carbocycles. The molecule has 2 aromatic rings. The first-order valence-corrected chi connectivity index (χ1v) is 8.75. The van der Waals surface area contributed by atoms with E-state index in [2.05, 4.69) is 5.10 Å². The molecule has 1 aliphatic heterocycles. The number of benzene rings is 1.